The number of aromatic nitrogens is 2. The Morgan fingerprint density at radius 2 is 2.69 bits per heavy atom. The van der Waals surface area contributed by atoms with Crippen molar-refractivity contribution in [1.29, 1.82) is 0 Å². The van der Waals surface area contributed by atoms with Gasteiger partial charge in [-0.25, -0.2) is 4.98 Å². The molecule has 0 amide bonds. The summed E-state index contributed by atoms with van der Waals surface area (Å²) in [6, 6.07) is 0.294. The molecule has 2 heterocycles. The van der Waals surface area contributed by atoms with Crippen LogP contribution in [0.3, 0.4) is 0 Å². The number of hydrogen-bond acceptors (Lipinski definition) is 3. The Bertz CT molecular complexity index is 323. The molecular formula is C8H11N3OS. The van der Waals surface area contributed by atoms with Crippen LogP contribution in [0, 0.1) is 0 Å². The summed E-state index contributed by atoms with van der Waals surface area (Å²) in [5, 5.41) is 3.59. The highest BCUT2D eigenvalue weighted by atomic mass is 32.1. The molecule has 0 radical (unpaired) electrons. The molecule has 0 aliphatic carbocycles. The van der Waals surface area contributed by atoms with Gasteiger partial charge in [-0.05, 0) is 12.2 Å². The summed E-state index contributed by atoms with van der Waals surface area (Å²) in [4.78, 5) is 4.04. The molecule has 1 fully saturated rings. The number of ether oxygens (including phenoxy) is 1. The molecule has 2 rings (SSSR count). The van der Waals surface area contributed by atoms with Gasteiger partial charge in [-0.3, -0.25) is 0 Å². The molecule has 0 spiro atoms. The predicted octanol–water partition coefficient (Wildman–Crippen LogP) is 0.236. The first kappa shape index (κ1) is 8.50. The van der Waals surface area contributed by atoms with Crippen LogP contribution in [0.2, 0.25) is 0 Å². The first-order valence-electron chi connectivity index (χ1n) is 4.14. The van der Waals surface area contributed by atoms with E-state index in [4.69, 9.17) is 17.0 Å². The lowest BCUT2D eigenvalue weighted by Gasteiger charge is -2.07. The van der Waals surface area contributed by atoms with E-state index >= 15 is 0 Å². The second-order valence-electron chi connectivity index (χ2n) is 3.14. The van der Waals surface area contributed by atoms with E-state index in [1.807, 2.05) is 17.8 Å². The maximum atomic E-state index is 5.14. The van der Waals surface area contributed by atoms with Crippen LogP contribution < -0.4 is 5.32 Å². The maximum Gasteiger partial charge on any atom is 0.257 e. The zero-order valence-electron chi connectivity index (χ0n) is 7.36. The topological polar surface area (TPSA) is 39.1 Å². The number of thiocarbonyl (C=S) groups is 1. The van der Waals surface area contributed by atoms with E-state index in [-0.39, 0.29) is 0 Å². The standard InChI is InChI=1S/C8H11N3OS/c1-11-5-9-3-7(11)2-6-4-12-8(13)10-6/h3,5-6H,2,4H2,1H3,(H,10,13)/t6-/m0/s1. The molecule has 0 aromatic carbocycles. The molecule has 0 unspecified atom stereocenters. The molecule has 1 aliphatic heterocycles. The zero-order chi connectivity index (χ0) is 9.26. The van der Waals surface area contributed by atoms with Crippen LogP contribution in [-0.2, 0) is 18.2 Å². The Hall–Kier alpha value is -1.10. The van der Waals surface area contributed by atoms with Gasteiger partial charge in [0, 0.05) is 25.4 Å². The van der Waals surface area contributed by atoms with Crippen LogP contribution in [0.15, 0.2) is 12.5 Å². The fourth-order valence-electron chi connectivity index (χ4n) is 1.37. The van der Waals surface area contributed by atoms with Gasteiger partial charge in [0.1, 0.15) is 6.61 Å². The molecule has 70 valence electrons. The minimum atomic E-state index is 0.294. The highest BCUT2D eigenvalue weighted by Gasteiger charge is 2.20. The third kappa shape index (κ3) is 1.80. The van der Waals surface area contributed by atoms with E-state index in [1.54, 1.807) is 6.33 Å². The van der Waals surface area contributed by atoms with Gasteiger partial charge in [-0.1, -0.05) is 0 Å². The average molecular weight is 197 g/mol. The van der Waals surface area contributed by atoms with Crippen molar-refractivity contribution in [1.82, 2.24) is 14.9 Å². The number of imidazole rings is 1. The van der Waals surface area contributed by atoms with E-state index < -0.39 is 0 Å². The lowest BCUT2D eigenvalue weighted by Crippen LogP contribution is -2.28. The Kier molecular flexibility index (Phi) is 2.18. The first-order chi connectivity index (χ1) is 6.25. The number of nitrogens with one attached hydrogen (secondary N) is 1. The minimum absolute atomic E-state index is 0.294. The van der Waals surface area contributed by atoms with Crippen LogP contribution >= 0.6 is 12.2 Å². The van der Waals surface area contributed by atoms with E-state index in [1.165, 1.54) is 5.69 Å². The largest absolute Gasteiger partial charge is 0.469 e. The van der Waals surface area contributed by atoms with Crippen LogP contribution in [-0.4, -0.2) is 27.4 Å². The summed E-state index contributed by atoms with van der Waals surface area (Å²) in [6.45, 7) is 0.657. The van der Waals surface area contributed by atoms with Crippen molar-refractivity contribution in [2.75, 3.05) is 6.61 Å². The molecule has 4 nitrogen and oxygen atoms in total. The van der Waals surface area contributed by atoms with Crippen LogP contribution in [0.1, 0.15) is 5.69 Å². The van der Waals surface area contributed by atoms with Crippen molar-refractivity contribution in [2.45, 2.75) is 12.5 Å². The predicted molar refractivity (Wildman–Crippen MR) is 52.4 cm³/mol. The molecule has 1 aliphatic rings. The molecule has 0 bridgehead atoms. The summed E-state index contributed by atoms with van der Waals surface area (Å²) in [7, 11) is 1.98. The van der Waals surface area contributed by atoms with E-state index in [2.05, 4.69) is 10.3 Å². The second kappa shape index (κ2) is 3.33. The zero-order valence-corrected chi connectivity index (χ0v) is 8.17. The van der Waals surface area contributed by atoms with E-state index in [9.17, 15) is 0 Å². The van der Waals surface area contributed by atoms with Crippen molar-refractivity contribution >= 4 is 17.4 Å². The number of aryl methyl sites for hydroxylation is 1. The van der Waals surface area contributed by atoms with Crippen molar-refractivity contribution in [3.63, 3.8) is 0 Å². The molecule has 1 saturated heterocycles. The van der Waals surface area contributed by atoms with Crippen molar-refractivity contribution in [3.8, 4) is 0 Å². The van der Waals surface area contributed by atoms with Gasteiger partial charge in [0.25, 0.3) is 5.17 Å². The van der Waals surface area contributed by atoms with Crippen LogP contribution in [0.5, 0.6) is 0 Å². The van der Waals surface area contributed by atoms with Crippen molar-refractivity contribution in [3.05, 3.63) is 18.2 Å². The molecule has 1 atom stereocenters. The van der Waals surface area contributed by atoms with Gasteiger partial charge in [-0.2, -0.15) is 0 Å². The fraction of sp³-hybridized carbons (Fsp3) is 0.500. The molecule has 13 heavy (non-hydrogen) atoms. The number of nitrogens with zero attached hydrogens (tertiary/aromatic N) is 2. The monoisotopic (exact) mass is 197 g/mol. The fourth-order valence-corrected chi connectivity index (χ4v) is 1.60. The van der Waals surface area contributed by atoms with Gasteiger partial charge in [0.05, 0.1) is 12.4 Å². The summed E-state index contributed by atoms with van der Waals surface area (Å²) < 4.78 is 7.15. The molecule has 0 saturated carbocycles. The third-order valence-corrected chi connectivity index (χ3v) is 2.35. The molecular weight excluding hydrogens is 186 g/mol. The number of hydrogen-bond donors (Lipinski definition) is 1. The van der Waals surface area contributed by atoms with Gasteiger partial charge in [-0.15, -0.1) is 0 Å². The maximum absolute atomic E-state index is 5.14. The Morgan fingerprint density at radius 3 is 3.23 bits per heavy atom. The lowest BCUT2D eigenvalue weighted by molar-refractivity contribution is 0.330. The summed E-state index contributed by atoms with van der Waals surface area (Å²) in [6.07, 6.45) is 4.56. The summed E-state index contributed by atoms with van der Waals surface area (Å²) in [5.74, 6) is 0. The molecule has 1 aromatic rings. The quantitative estimate of drug-likeness (QED) is 0.689. The number of rotatable bonds is 2. The Balaban J connectivity index is 1.99. The highest BCUT2D eigenvalue weighted by molar-refractivity contribution is 7.80. The van der Waals surface area contributed by atoms with Gasteiger partial charge < -0.3 is 14.6 Å². The van der Waals surface area contributed by atoms with E-state index in [0.717, 1.165) is 6.42 Å². The molecule has 1 aromatic heterocycles. The normalized spacial score (nSPS) is 21.3. The van der Waals surface area contributed by atoms with Crippen molar-refractivity contribution in [2.24, 2.45) is 7.05 Å². The lowest BCUT2D eigenvalue weighted by atomic mass is 10.2. The van der Waals surface area contributed by atoms with Gasteiger partial charge in [0.15, 0.2) is 0 Å². The SMILES string of the molecule is Cn1cncc1C[C@H]1COC(=S)N1. The Labute approximate surface area is 81.9 Å². The summed E-state index contributed by atoms with van der Waals surface area (Å²) in [5.41, 5.74) is 1.19. The van der Waals surface area contributed by atoms with E-state index in [0.29, 0.717) is 17.8 Å². The van der Waals surface area contributed by atoms with Crippen molar-refractivity contribution < 1.29 is 4.74 Å². The van der Waals surface area contributed by atoms with Crippen LogP contribution in [0.4, 0.5) is 0 Å². The minimum Gasteiger partial charge on any atom is -0.469 e. The smallest absolute Gasteiger partial charge is 0.257 e. The van der Waals surface area contributed by atoms with Gasteiger partial charge in [0.2, 0.25) is 0 Å². The highest BCUT2D eigenvalue weighted by Crippen LogP contribution is 2.06. The van der Waals surface area contributed by atoms with Crippen LogP contribution in [0.25, 0.3) is 0 Å². The summed E-state index contributed by atoms with van der Waals surface area (Å²) >= 11 is 4.87. The molecule has 5 heteroatoms. The van der Waals surface area contributed by atoms with Gasteiger partial charge >= 0.3 is 0 Å². The Morgan fingerprint density at radius 1 is 1.85 bits per heavy atom. The second-order valence-corrected chi connectivity index (χ2v) is 3.51. The molecule has 1 N–H and O–H groups in total. The average Bonchev–Trinajstić information content (AvgIpc) is 2.64. The first-order valence-corrected chi connectivity index (χ1v) is 4.55. The third-order valence-electron chi connectivity index (χ3n) is 2.11.